The van der Waals surface area contributed by atoms with Crippen LogP contribution in [0.1, 0.15) is 11.1 Å². The van der Waals surface area contributed by atoms with Crippen LogP contribution in [0.3, 0.4) is 0 Å². The number of phenols is 1. The molecule has 1 aromatic heterocycles. The third kappa shape index (κ3) is 3.82. The van der Waals surface area contributed by atoms with Crippen molar-refractivity contribution in [3.8, 4) is 17.2 Å². The molecule has 0 aliphatic carbocycles. The molecule has 0 amide bonds. The van der Waals surface area contributed by atoms with Gasteiger partial charge in [0.1, 0.15) is 11.3 Å². The molecular weight excluding hydrogens is 472 g/mol. The maximum Gasteiger partial charge on any atom is 0.227 e. The van der Waals surface area contributed by atoms with Crippen molar-refractivity contribution >= 4 is 54.9 Å². The molecule has 6 heteroatoms. The monoisotopic (exact) mass is 484 g/mol. The molecule has 4 aromatic rings. The third-order valence-corrected chi connectivity index (χ3v) is 5.13. The first-order valence-electron chi connectivity index (χ1n) is 8.19. The summed E-state index contributed by atoms with van der Waals surface area (Å²) in [5.41, 5.74) is 4.75. The average Bonchev–Trinajstić information content (AvgIpc) is 3.07. The first kappa shape index (κ1) is 17.9. The summed E-state index contributed by atoms with van der Waals surface area (Å²) in [7, 11) is 0. The Hall–Kier alpha value is -2.44. The van der Waals surface area contributed by atoms with Gasteiger partial charge in [0.05, 0.1) is 10.2 Å². The molecule has 3 aromatic carbocycles. The van der Waals surface area contributed by atoms with Crippen LogP contribution >= 0.6 is 31.9 Å². The maximum atomic E-state index is 10.2. The summed E-state index contributed by atoms with van der Waals surface area (Å²) in [4.78, 5) is 9.04. The van der Waals surface area contributed by atoms with Gasteiger partial charge in [-0.1, -0.05) is 22.0 Å². The van der Waals surface area contributed by atoms with E-state index < -0.39 is 0 Å². The predicted molar refractivity (Wildman–Crippen MR) is 115 cm³/mol. The summed E-state index contributed by atoms with van der Waals surface area (Å²) in [6.45, 7) is 1.96. The number of phenolic OH excluding ortho intramolecular Hbond substituents is 1. The number of aromatic hydroxyl groups is 1. The molecule has 134 valence electrons. The zero-order valence-electron chi connectivity index (χ0n) is 14.3. The zero-order valence-corrected chi connectivity index (χ0v) is 17.5. The van der Waals surface area contributed by atoms with E-state index in [9.17, 15) is 5.11 Å². The van der Waals surface area contributed by atoms with Gasteiger partial charge in [0.2, 0.25) is 5.89 Å². The molecule has 4 rings (SSSR count). The highest BCUT2D eigenvalue weighted by Crippen LogP contribution is 2.30. The lowest BCUT2D eigenvalue weighted by atomic mass is 10.1. The molecular formula is C21H14Br2N2O2. The second kappa shape index (κ2) is 7.29. The van der Waals surface area contributed by atoms with E-state index in [1.807, 2.05) is 61.5 Å². The van der Waals surface area contributed by atoms with Crippen molar-refractivity contribution in [1.82, 2.24) is 4.98 Å². The van der Waals surface area contributed by atoms with Crippen molar-refractivity contribution < 1.29 is 9.52 Å². The number of hydrogen-bond acceptors (Lipinski definition) is 4. The minimum atomic E-state index is 0.170. The molecule has 1 N–H and O–H groups in total. The number of aromatic nitrogens is 1. The number of halogens is 2. The molecule has 0 aliphatic heterocycles. The molecule has 4 nitrogen and oxygen atoms in total. The molecule has 0 spiro atoms. The molecule has 0 radical (unpaired) electrons. The Bertz CT molecular complexity index is 1180. The van der Waals surface area contributed by atoms with Gasteiger partial charge in [-0.3, -0.25) is 4.99 Å². The highest BCUT2D eigenvalue weighted by atomic mass is 79.9. The van der Waals surface area contributed by atoms with Crippen LogP contribution in [0.2, 0.25) is 0 Å². The van der Waals surface area contributed by atoms with E-state index in [0.29, 0.717) is 21.5 Å². The molecule has 27 heavy (non-hydrogen) atoms. The lowest BCUT2D eigenvalue weighted by molar-refractivity contribution is 0.471. The SMILES string of the molecule is Cc1cc(Br)c(O)c(C=Nc2ccc3oc(-c4cccc(Br)c4)nc3c2)c1. The fourth-order valence-electron chi connectivity index (χ4n) is 2.75. The van der Waals surface area contributed by atoms with Crippen LogP contribution < -0.4 is 0 Å². The van der Waals surface area contributed by atoms with Gasteiger partial charge < -0.3 is 9.52 Å². The second-order valence-corrected chi connectivity index (χ2v) is 7.89. The fourth-order valence-corrected chi connectivity index (χ4v) is 3.73. The predicted octanol–water partition coefficient (Wildman–Crippen LogP) is 6.78. The average molecular weight is 486 g/mol. The molecule has 0 aliphatic rings. The van der Waals surface area contributed by atoms with Crippen molar-refractivity contribution in [1.29, 1.82) is 0 Å². The van der Waals surface area contributed by atoms with Gasteiger partial charge in [0, 0.05) is 21.8 Å². The number of oxazole rings is 1. The Morgan fingerprint density at radius 2 is 1.93 bits per heavy atom. The zero-order chi connectivity index (χ0) is 19.0. The Labute approximate surface area is 172 Å². The van der Waals surface area contributed by atoms with Crippen LogP contribution in [-0.4, -0.2) is 16.3 Å². The number of aryl methyl sites for hydroxylation is 1. The normalized spacial score (nSPS) is 11.5. The van der Waals surface area contributed by atoms with Crippen molar-refractivity contribution in [2.75, 3.05) is 0 Å². The largest absolute Gasteiger partial charge is 0.506 e. The molecule has 0 atom stereocenters. The van der Waals surface area contributed by atoms with Crippen molar-refractivity contribution in [2.24, 2.45) is 4.99 Å². The molecule has 1 heterocycles. The van der Waals surface area contributed by atoms with Crippen LogP contribution in [0.5, 0.6) is 5.75 Å². The van der Waals surface area contributed by atoms with E-state index in [4.69, 9.17) is 4.42 Å². The van der Waals surface area contributed by atoms with Gasteiger partial charge in [-0.05, 0) is 76.9 Å². The molecule has 0 saturated carbocycles. The third-order valence-electron chi connectivity index (χ3n) is 4.03. The van der Waals surface area contributed by atoms with E-state index >= 15 is 0 Å². The van der Waals surface area contributed by atoms with Crippen molar-refractivity contribution in [3.63, 3.8) is 0 Å². The van der Waals surface area contributed by atoms with Gasteiger partial charge in [-0.2, -0.15) is 0 Å². The van der Waals surface area contributed by atoms with Gasteiger partial charge >= 0.3 is 0 Å². The highest BCUT2D eigenvalue weighted by Gasteiger charge is 2.09. The van der Waals surface area contributed by atoms with E-state index in [2.05, 4.69) is 41.8 Å². The number of rotatable bonds is 3. The number of benzene rings is 3. The lowest BCUT2D eigenvalue weighted by Gasteiger charge is -2.03. The summed E-state index contributed by atoms with van der Waals surface area (Å²) in [5, 5.41) is 10.2. The van der Waals surface area contributed by atoms with E-state index in [-0.39, 0.29) is 5.75 Å². The molecule has 0 saturated heterocycles. The van der Waals surface area contributed by atoms with Crippen molar-refractivity contribution in [3.05, 3.63) is 74.7 Å². The Kier molecular flexibility index (Phi) is 4.85. The summed E-state index contributed by atoms with van der Waals surface area (Å²) in [6.07, 6.45) is 1.64. The van der Waals surface area contributed by atoms with E-state index in [0.717, 1.165) is 26.8 Å². The number of hydrogen-bond donors (Lipinski definition) is 1. The first-order valence-corrected chi connectivity index (χ1v) is 9.78. The second-order valence-electron chi connectivity index (χ2n) is 6.12. The van der Waals surface area contributed by atoms with Gasteiger partial charge in [-0.15, -0.1) is 0 Å². The van der Waals surface area contributed by atoms with Crippen LogP contribution in [0.4, 0.5) is 5.69 Å². The van der Waals surface area contributed by atoms with Crippen molar-refractivity contribution in [2.45, 2.75) is 6.92 Å². The Balaban J connectivity index is 1.68. The van der Waals surface area contributed by atoms with Gasteiger partial charge in [0.25, 0.3) is 0 Å². The minimum absolute atomic E-state index is 0.170. The maximum absolute atomic E-state index is 10.2. The fraction of sp³-hybridized carbons (Fsp3) is 0.0476. The minimum Gasteiger partial charge on any atom is -0.506 e. The molecule has 0 fully saturated rings. The number of fused-ring (bicyclic) bond motifs is 1. The highest BCUT2D eigenvalue weighted by molar-refractivity contribution is 9.10. The van der Waals surface area contributed by atoms with Gasteiger partial charge in [0.15, 0.2) is 5.58 Å². The van der Waals surface area contributed by atoms with E-state index in [1.165, 1.54) is 0 Å². The Morgan fingerprint density at radius 1 is 1.07 bits per heavy atom. The summed E-state index contributed by atoms with van der Waals surface area (Å²) >= 11 is 6.81. The quantitative estimate of drug-likeness (QED) is 0.325. The first-order chi connectivity index (χ1) is 13.0. The van der Waals surface area contributed by atoms with Crippen LogP contribution in [-0.2, 0) is 0 Å². The van der Waals surface area contributed by atoms with Crippen LogP contribution in [0, 0.1) is 6.92 Å². The van der Waals surface area contributed by atoms with Gasteiger partial charge in [-0.25, -0.2) is 4.98 Å². The summed E-state index contributed by atoms with van der Waals surface area (Å²) < 4.78 is 7.46. The standard InChI is InChI=1S/C21H14Br2N2O2/c1-12-7-14(20(26)17(23)8-12)11-24-16-5-6-19-18(10-16)25-21(27-19)13-3-2-4-15(22)9-13/h2-11,26H,1H3. The van der Waals surface area contributed by atoms with E-state index in [1.54, 1.807) is 6.21 Å². The van der Waals surface area contributed by atoms with Crippen LogP contribution in [0.25, 0.3) is 22.6 Å². The lowest BCUT2D eigenvalue weighted by Crippen LogP contribution is -1.86. The van der Waals surface area contributed by atoms with Crippen LogP contribution in [0.15, 0.2) is 73.0 Å². The molecule has 0 bridgehead atoms. The Morgan fingerprint density at radius 3 is 2.74 bits per heavy atom. The topological polar surface area (TPSA) is 58.6 Å². The number of nitrogens with zero attached hydrogens (tertiary/aromatic N) is 2. The summed E-state index contributed by atoms with van der Waals surface area (Å²) in [5.74, 6) is 0.733. The molecule has 0 unspecified atom stereocenters. The number of aliphatic imine (C=N–C) groups is 1. The summed E-state index contributed by atoms with van der Waals surface area (Å²) in [6, 6.07) is 17.1. The smallest absolute Gasteiger partial charge is 0.227 e.